The quantitative estimate of drug-likeness (QED) is 0.554. The summed E-state index contributed by atoms with van der Waals surface area (Å²) in [6.45, 7) is 9.69. The van der Waals surface area contributed by atoms with Gasteiger partial charge < -0.3 is 9.67 Å². The van der Waals surface area contributed by atoms with Crippen LogP contribution in [0.1, 0.15) is 102 Å². The zero-order valence-electron chi connectivity index (χ0n) is 22.4. The molecule has 6 nitrogen and oxygen atoms in total. The molecule has 1 aromatic carbocycles. The number of aromatic nitrogens is 2. The van der Waals surface area contributed by atoms with Crippen molar-refractivity contribution in [2.75, 3.05) is 0 Å². The minimum atomic E-state index is -1.24. The number of piperidine rings is 2. The number of nitrogens with zero attached hydrogens (tertiary/aromatic N) is 3. The second-order valence-corrected chi connectivity index (χ2v) is 12.6. The van der Waals surface area contributed by atoms with Gasteiger partial charge in [-0.15, -0.1) is 0 Å². The van der Waals surface area contributed by atoms with Gasteiger partial charge in [0.1, 0.15) is 0 Å². The van der Waals surface area contributed by atoms with Gasteiger partial charge in [0, 0.05) is 24.2 Å². The molecule has 1 saturated carbocycles. The third kappa shape index (κ3) is 4.85. The molecule has 0 spiro atoms. The lowest BCUT2D eigenvalue weighted by molar-refractivity contribution is -0.0361. The average molecular weight is 494 g/mol. The van der Waals surface area contributed by atoms with Crippen molar-refractivity contribution in [2.24, 2.45) is 23.7 Å². The standard InChI is InChI=1S/C30H43N3O3/c1-18(2)21-12-19(3)14-24(15-20(4)13-21)32-22-8-7-9-23(32)17-25(16-22)33-27-11-6-5-10-26(27)31-28(29(33)34)30(35)36/h5-6,10-11,18-25H,7-9,12-17H2,1-4H3,(H,35,36)/t19-,20+,21?,22-,23+,24?,25?. The number of para-hydroxylation sites is 2. The third-order valence-corrected chi connectivity index (χ3v) is 9.49. The van der Waals surface area contributed by atoms with Crippen LogP contribution in [-0.2, 0) is 0 Å². The Balaban J connectivity index is 1.45. The van der Waals surface area contributed by atoms with Crippen molar-refractivity contribution in [2.45, 2.75) is 110 Å². The number of hydrogen-bond acceptors (Lipinski definition) is 4. The molecule has 2 bridgehead atoms. The molecule has 2 aliphatic heterocycles. The first kappa shape index (κ1) is 25.4. The summed E-state index contributed by atoms with van der Waals surface area (Å²) in [5.74, 6) is 1.81. The van der Waals surface area contributed by atoms with Crippen molar-refractivity contribution in [3.8, 4) is 0 Å². The monoisotopic (exact) mass is 493 g/mol. The van der Waals surface area contributed by atoms with E-state index < -0.39 is 11.5 Å². The molecule has 0 amide bonds. The molecular formula is C30H43N3O3. The Morgan fingerprint density at radius 2 is 1.53 bits per heavy atom. The summed E-state index contributed by atoms with van der Waals surface area (Å²) < 4.78 is 1.78. The number of carboxylic acid groups (broad SMARTS) is 1. The lowest BCUT2D eigenvalue weighted by Crippen LogP contribution is -2.58. The van der Waals surface area contributed by atoms with E-state index >= 15 is 0 Å². The lowest BCUT2D eigenvalue weighted by atomic mass is 9.72. The van der Waals surface area contributed by atoms with Crippen molar-refractivity contribution in [1.82, 2.24) is 14.5 Å². The molecule has 2 saturated heterocycles. The fraction of sp³-hybridized carbons (Fsp3) is 0.700. The predicted molar refractivity (Wildman–Crippen MR) is 143 cm³/mol. The summed E-state index contributed by atoms with van der Waals surface area (Å²) in [5, 5.41) is 9.69. The fourth-order valence-corrected chi connectivity index (χ4v) is 7.99. The van der Waals surface area contributed by atoms with Gasteiger partial charge in [-0.2, -0.15) is 0 Å². The van der Waals surface area contributed by atoms with Gasteiger partial charge >= 0.3 is 5.97 Å². The van der Waals surface area contributed by atoms with Crippen LogP contribution in [-0.4, -0.2) is 43.7 Å². The first-order valence-corrected chi connectivity index (χ1v) is 14.2. The van der Waals surface area contributed by atoms with Crippen LogP contribution in [0, 0.1) is 23.7 Å². The van der Waals surface area contributed by atoms with Crippen molar-refractivity contribution in [3.05, 3.63) is 40.3 Å². The zero-order chi connectivity index (χ0) is 25.6. The first-order chi connectivity index (χ1) is 17.2. The Morgan fingerprint density at radius 3 is 2.11 bits per heavy atom. The fourth-order valence-electron chi connectivity index (χ4n) is 7.99. The third-order valence-electron chi connectivity index (χ3n) is 9.49. The maximum Gasteiger partial charge on any atom is 0.360 e. The highest BCUT2D eigenvalue weighted by Crippen LogP contribution is 2.44. The lowest BCUT2D eigenvalue weighted by Gasteiger charge is -2.54. The van der Waals surface area contributed by atoms with Gasteiger partial charge in [0.15, 0.2) is 0 Å². The molecule has 3 fully saturated rings. The molecule has 1 aromatic heterocycles. The van der Waals surface area contributed by atoms with Crippen LogP contribution >= 0.6 is 0 Å². The summed E-state index contributed by atoms with van der Waals surface area (Å²) in [6.07, 6.45) is 10.6. The number of benzene rings is 1. The van der Waals surface area contributed by atoms with Crippen LogP contribution in [0.15, 0.2) is 29.1 Å². The molecule has 1 N–H and O–H groups in total. The number of carbonyl (C=O) groups is 1. The van der Waals surface area contributed by atoms with E-state index in [1.807, 2.05) is 24.3 Å². The number of rotatable bonds is 4. The number of carboxylic acids is 1. The molecule has 0 radical (unpaired) electrons. The summed E-state index contributed by atoms with van der Waals surface area (Å²) in [5.41, 5.74) is 0.538. The molecule has 5 rings (SSSR count). The number of fused-ring (bicyclic) bond motifs is 3. The van der Waals surface area contributed by atoms with E-state index in [0.29, 0.717) is 23.6 Å². The second-order valence-electron chi connectivity index (χ2n) is 12.6. The molecule has 2 aromatic rings. The summed E-state index contributed by atoms with van der Waals surface area (Å²) in [6, 6.07) is 9.05. The Kier molecular flexibility index (Phi) is 7.26. The molecule has 196 valence electrons. The van der Waals surface area contributed by atoms with Gasteiger partial charge in [-0.1, -0.05) is 46.2 Å². The Bertz CT molecular complexity index is 1130. The highest BCUT2D eigenvalue weighted by Gasteiger charge is 2.44. The van der Waals surface area contributed by atoms with Crippen molar-refractivity contribution < 1.29 is 9.90 Å². The molecule has 1 aliphatic carbocycles. The van der Waals surface area contributed by atoms with E-state index in [1.165, 1.54) is 44.9 Å². The maximum absolute atomic E-state index is 13.4. The van der Waals surface area contributed by atoms with E-state index in [-0.39, 0.29) is 11.7 Å². The SMILES string of the molecule is CC(C)C1C[C@@H](C)CC(N2[C@@H]3CCC[C@H]2CC(n2c(=O)c(C(=O)O)nc4ccccc42)C3)C[C@@H](C)C1. The molecule has 36 heavy (non-hydrogen) atoms. The minimum absolute atomic E-state index is 0.0174. The normalized spacial score (nSPS) is 33.9. The Labute approximate surface area is 215 Å². The molecule has 3 aliphatic rings. The van der Waals surface area contributed by atoms with Crippen LogP contribution < -0.4 is 5.56 Å². The van der Waals surface area contributed by atoms with E-state index in [9.17, 15) is 14.7 Å². The van der Waals surface area contributed by atoms with Gasteiger partial charge in [0.05, 0.1) is 11.0 Å². The van der Waals surface area contributed by atoms with Crippen LogP contribution in [0.2, 0.25) is 0 Å². The molecule has 6 heteroatoms. The van der Waals surface area contributed by atoms with Gasteiger partial charge in [-0.25, -0.2) is 9.78 Å². The first-order valence-electron chi connectivity index (χ1n) is 14.2. The van der Waals surface area contributed by atoms with Gasteiger partial charge in [0.25, 0.3) is 5.56 Å². The number of hydrogen-bond donors (Lipinski definition) is 1. The Hall–Kier alpha value is -2.21. The van der Waals surface area contributed by atoms with Crippen molar-refractivity contribution >= 4 is 17.0 Å². The van der Waals surface area contributed by atoms with Crippen LogP contribution in [0.5, 0.6) is 0 Å². The summed E-state index contributed by atoms with van der Waals surface area (Å²) in [7, 11) is 0. The van der Waals surface area contributed by atoms with Gasteiger partial charge in [-0.3, -0.25) is 9.69 Å². The Morgan fingerprint density at radius 1 is 0.917 bits per heavy atom. The summed E-state index contributed by atoms with van der Waals surface area (Å²) in [4.78, 5) is 32.3. The summed E-state index contributed by atoms with van der Waals surface area (Å²) >= 11 is 0. The van der Waals surface area contributed by atoms with Crippen LogP contribution in [0.3, 0.4) is 0 Å². The van der Waals surface area contributed by atoms with E-state index in [2.05, 4.69) is 37.6 Å². The second kappa shape index (κ2) is 10.3. The maximum atomic E-state index is 13.4. The highest BCUT2D eigenvalue weighted by atomic mass is 16.4. The molecule has 3 unspecified atom stereocenters. The van der Waals surface area contributed by atoms with Gasteiger partial charge in [-0.05, 0) is 87.2 Å². The average Bonchev–Trinajstić information content (AvgIpc) is 2.80. The largest absolute Gasteiger partial charge is 0.476 e. The van der Waals surface area contributed by atoms with Crippen molar-refractivity contribution in [1.29, 1.82) is 0 Å². The van der Waals surface area contributed by atoms with Crippen LogP contribution in [0.25, 0.3) is 11.0 Å². The van der Waals surface area contributed by atoms with Gasteiger partial charge in [0.2, 0.25) is 5.69 Å². The molecule has 7 atom stereocenters. The smallest absolute Gasteiger partial charge is 0.360 e. The number of aromatic carboxylic acids is 1. The van der Waals surface area contributed by atoms with Crippen LogP contribution in [0.4, 0.5) is 0 Å². The molecule has 3 heterocycles. The van der Waals surface area contributed by atoms with E-state index in [4.69, 9.17) is 0 Å². The van der Waals surface area contributed by atoms with Crippen molar-refractivity contribution in [3.63, 3.8) is 0 Å². The zero-order valence-corrected chi connectivity index (χ0v) is 22.4. The minimum Gasteiger partial charge on any atom is -0.476 e. The van der Waals surface area contributed by atoms with E-state index in [1.54, 1.807) is 4.57 Å². The predicted octanol–water partition coefficient (Wildman–Crippen LogP) is 6.14. The van der Waals surface area contributed by atoms with E-state index in [0.717, 1.165) is 42.0 Å². The topological polar surface area (TPSA) is 75.4 Å². The molecular weight excluding hydrogens is 450 g/mol. The highest BCUT2D eigenvalue weighted by molar-refractivity contribution is 5.88.